The fraction of sp³-hybridized carbons (Fsp3) is 0.526. The molecule has 0 aliphatic carbocycles. The molecule has 0 bridgehead atoms. The maximum atomic E-state index is 4.85. The Morgan fingerprint density at radius 2 is 1.71 bits per heavy atom. The second-order valence-corrected chi connectivity index (χ2v) is 5.73. The highest BCUT2D eigenvalue weighted by atomic mass is 15.1. The summed E-state index contributed by atoms with van der Waals surface area (Å²) in [5.41, 5.74) is 2.69. The number of aromatic nitrogens is 2. The highest BCUT2D eigenvalue weighted by Crippen LogP contribution is 2.12. The highest BCUT2D eigenvalue weighted by molar-refractivity contribution is 5.15. The second-order valence-electron chi connectivity index (χ2n) is 5.73. The average Bonchev–Trinajstić information content (AvgIpc) is 2.91. The van der Waals surface area contributed by atoms with Crippen molar-refractivity contribution in [3.05, 3.63) is 53.6 Å². The van der Waals surface area contributed by atoms with Crippen molar-refractivity contribution < 1.29 is 0 Å². The van der Waals surface area contributed by atoms with E-state index >= 15 is 0 Å². The molecule has 2 aromatic rings. The van der Waals surface area contributed by atoms with Crippen LogP contribution in [0.1, 0.15) is 56.6 Å². The first-order valence-corrected chi connectivity index (χ1v) is 8.42. The van der Waals surface area contributed by atoms with Gasteiger partial charge in [0.25, 0.3) is 0 Å². The molecule has 2 heteroatoms. The minimum atomic E-state index is 1.03. The van der Waals surface area contributed by atoms with Crippen molar-refractivity contribution in [1.82, 2.24) is 9.55 Å². The van der Waals surface area contributed by atoms with Gasteiger partial charge in [0.05, 0.1) is 5.69 Å². The van der Waals surface area contributed by atoms with E-state index in [1.165, 1.54) is 42.8 Å². The van der Waals surface area contributed by atoms with Crippen LogP contribution in [0.3, 0.4) is 0 Å². The lowest BCUT2D eigenvalue weighted by Gasteiger charge is -2.02. The number of imidazole rings is 1. The van der Waals surface area contributed by atoms with E-state index in [1.807, 2.05) is 0 Å². The van der Waals surface area contributed by atoms with E-state index in [0.29, 0.717) is 0 Å². The zero-order valence-corrected chi connectivity index (χ0v) is 13.5. The number of unbranched alkanes of at least 4 members (excludes halogenated alkanes) is 2. The van der Waals surface area contributed by atoms with E-state index in [2.05, 4.69) is 54.9 Å². The molecule has 0 radical (unpaired) electrons. The van der Waals surface area contributed by atoms with Crippen molar-refractivity contribution in [1.29, 1.82) is 0 Å². The van der Waals surface area contributed by atoms with Crippen LogP contribution in [0.25, 0.3) is 0 Å². The lowest BCUT2D eigenvalue weighted by molar-refractivity contribution is 0.641. The van der Waals surface area contributed by atoms with Gasteiger partial charge in [-0.05, 0) is 38.2 Å². The van der Waals surface area contributed by atoms with Crippen LogP contribution in [0.2, 0.25) is 0 Å². The van der Waals surface area contributed by atoms with Gasteiger partial charge in [-0.1, -0.05) is 50.1 Å². The summed E-state index contributed by atoms with van der Waals surface area (Å²) in [7, 11) is 0. The quantitative estimate of drug-likeness (QED) is 0.604. The molecule has 0 aliphatic heterocycles. The van der Waals surface area contributed by atoms with E-state index in [1.54, 1.807) is 0 Å². The van der Waals surface area contributed by atoms with Gasteiger partial charge >= 0.3 is 0 Å². The number of rotatable bonds is 9. The molecule has 21 heavy (non-hydrogen) atoms. The summed E-state index contributed by atoms with van der Waals surface area (Å²) in [5, 5.41) is 0. The summed E-state index contributed by atoms with van der Waals surface area (Å²) in [6.45, 7) is 5.49. The molecule has 2 nitrogen and oxygen atoms in total. The summed E-state index contributed by atoms with van der Waals surface area (Å²) in [5.74, 6) is 1.28. The molecule has 0 aliphatic rings. The SMILES string of the molecule is CCCCCc1nc(CCCc2ccccc2)cn1CC. The average molecular weight is 284 g/mol. The van der Waals surface area contributed by atoms with Crippen LogP contribution in [0.15, 0.2) is 36.5 Å². The Balaban J connectivity index is 1.85. The third-order valence-corrected chi connectivity index (χ3v) is 3.99. The largest absolute Gasteiger partial charge is 0.335 e. The summed E-state index contributed by atoms with van der Waals surface area (Å²) < 4.78 is 2.33. The van der Waals surface area contributed by atoms with Crippen LogP contribution in [0, 0.1) is 0 Å². The highest BCUT2D eigenvalue weighted by Gasteiger charge is 2.06. The summed E-state index contributed by atoms with van der Waals surface area (Å²) in [6.07, 6.45) is 10.6. The van der Waals surface area contributed by atoms with Crippen molar-refractivity contribution in [2.75, 3.05) is 0 Å². The molecule has 0 fully saturated rings. The van der Waals surface area contributed by atoms with Crippen molar-refractivity contribution in [3.8, 4) is 0 Å². The topological polar surface area (TPSA) is 17.8 Å². The van der Waals surface area contributed by atoms with Crippen molar-refractivity contribution >= 4 is 0 Å². The molecule has 0 saturated heterocycles. The number of hydrogen-bond acceptors (Lipinski definition) is 1. The third kappa shape index (κ3) is 5.04. The monoisotopic (exact) mass is 284 g/mol. The predicted octanol–water partition coefficient (Wildman–Crippen LogP) is 4.81. The van der Waals surface area contributed by atoms with Crippen LogP contribution in [0.4, 0.5) is 0 Å². The minimum absolute atomic E-state index is 1.03. The predicted molar refractivity (Wildman–Crippen MR) is 89.6 cm³/mol. The molecule has 0 unspecified atom stereocenters. The summed E-state index contributed by atoms with van der Waals surface area (Å²) in [4.78, 5) is 4.85. The number of benzene rings is 1. The van der Waals surface area contributed by atoms with Gasteiger partial charge in [-0.15, -0.1) is 0 Å². The smallest absolute Gasteiger partial charge is 0.108 e. The van der Waals surface area contributed by atoms with Gasteiger partial charge < -0.3 is 4.57 Å². The van der Waals surface area contributed by atoms with Gasteiger partial charge in [0.2, 0.25) is 0 Å². The lowest BCUT2D eigenvalue weighted by Crippen LogP contribution is -2.00. The van der Waals surface area contributed by atoms with Gasteiger partial charge in [-0.3, -0.25) is 0 Å². The van der Waals surface area contributed by atoms with E-state index in [0.717, 1.165) is 25.8 Å². The molecule has 2 rings (SSSR count). The second kappa shape index (κ2) is 8.66. The van der Waals surface area contributed by atoms with Crippen LogP contribution >= 0.6 is 0 Å². The first-order valence-electron chi connectivity index (χ1n) is 8.42. The van der Waals surface area contributed by atoms with Gasteiger partial charge in [0.15, 0.2) is 0 Å². The maximum absolute atomic E-state index is 4.85. The van der Waals surface area contributed by atoms with Gasteiger partial charge in [0.1, 0.15) is 5.82 Å². The normalized spacial score (nSPS) is 11.0. The summed E-state index contributed by atoms with van der Waals surface area (Å²) >= 11 is 0. The summed E-state index contributed by atoms with van der Waals surface area (Å²) in [6, 6.07) is 10.7. The Hall–Kier alpha value is -1.57. The van der Waals surface area contributed by atoms with Crippen LogP contribution < -0.4 is 0 Å². The van der Waals surface area contributed by atoms with E-state index in [-0.39, 0.29) is 0 Å². The van der Waals surface area contributed by atoms with Gasteiger partial charge in [0, 0.05) is 19.2 Å². The van der Waals surface area contributed by atoms with Crippen LogP contribution in [0.5, 0.6) is 0 Å². The number of aryl methyl sites for hydroxylation is 4. The minimum Gasteiger partial charge on any atom is -0.335 e. The number of hydrogen-bond donors (Lipinski definition) is 0. The molecule has 0 N–H and O–H groups in total. The Kier molecular flexibility index (Phi) is 6.52. The molecule has 0 amide bonds. The Morgan fingerprint density at radius 1 is 0.905 bits per heavy atom. The third-order valence-electron chi connectivity index (χ3n) is 3.99. The zero-order chi connectivity index (χ0) is 14.9. The molecule has 0 saturated carbocycles. The zero-order valence-electron chi connectivity index (χ0n) is 13.5. The maximum Gasteiger partial charge on any atom is 0.108 e. The Morgan fingerprint density at radius 3 is 2.43 bits per heavy atom. The molecule has 0 atom stereocenters. The standard InChI is InChI=1S/C19H28N2/c1-3-5-7-15-19-20-18(16-21(19)4-2)14-10-13-17-11-8-6-9-12-17/h6,8-9,11-12,16H,3-5,7,10,13-15H2,1-2H3. The van der Waals surface area contributed by atoms with Crippen molar-refractivity contribution in [3.63, 3.8) is 0 Å². The van der Waals surface area contributed by atoms with Gasteiger partial charge in [-0.2, -0.15) is 0 Å². The van der Waals surface area contributed by atoms with Crippen LogP contribution in [-0.2, 0) is 25.8 Å². The molecular formula is C19H28N2. The van der Waals surface area contributed by atoms with Crippen molar-refractivity contribution in [2.45, 2.75) is 65.3 Å². The van der Waals surface area contributed by atoms with E-state index < -0.39 is 0 Å². The molecule has 1 aromatic heterocycles. The fourth-order valence-electron chi connectivity index (χ4n) is 2.76. The van der Waals surface area contributed by atoms with Gasteiger partial charge in [-0.25, -0.2) is 4.98 Å². The van der Waals surface area contributed by atoms with Crippen LogP contribution in [-0.4, -0.2) is 9.55 Å². The lowest BCUT2D eigenvalue weighted by atomic mass is 10.1. The molecule has 114 valence electrons. The van der Waals surface area contributed by atoms with E-state index in [4.69, 9.17) is 4.98 Å². The Labute approximate surface area is 129 Å². The first kappa shape index (κ1) is 15.8. The van der Waals surface area contributed by atoms with Crippen molar-refractivity contribution in [2.24, 2.45) is 0 Å². The Bertz CT molecular complexity index is 514. The molecule has 0 spiro atoms. The first-order chi connectivity index (χ1) is 10.3. The number of nitrogens with zero attached hydrogens (tertiary/aromatic N) is 2. The molecule has 1 heterocycles. The molecular weight excluding hydrogens is 256 g/mol. The molecule has 1 aromatic carbocycles. The van der Waals surface area contributed by atoms with E-state index in [9.17, 15) is 0 Å². The fourth-order valence-corrected chi connectivity index (χ4v) is 2.76.